The van der Waals surface area contributed by atoms with E-state index in [1.807, 2.05) is 13.8 Å². The number of allylic oxidation sites excluding steroid dienone is 1. The molecule has 5 atom stereocenters. The number of carboxylic acids is 2. The molecule has 1 fully saturated rings. The lowest BCUT2D eigenvalue weighted by Crippen LogP contribution is -2.52. The van der Waals surface area contributed by atoms with Gasteiger partial charge >= 0.3 is 11.9 Å². The van der Waals surface area contributed by atoms with Crippen LogP contribution < -0.4 is 0 Å². The van der Waals surface area contributed by atoms with E-state index in [1.165, 1.54) is 6.08 Å². The Kier molecular flexibility index (Phi) is 5.45. The van der Waals surface area contributed by atoms with Crippen LogP contribution in [0, 0.1) is 28.6 Å². The van der Waals surface area contributed by atoms with Crippen LogP contribution in [0.3, 0.4) is 0 Å². The van der Waals surface area contributed by atoms with E-state index < -0.39 is 17.4 Å². The number of aliphatic carboxylic acids is 2. The van der Waals surface area contributed by atoms with E-state index in [0.717, 1.165) is 25.7 Å². The molecule has 140 valence electrons. The van der Waals surface area contributed by atoms with Gasteiger partial charge in [-0.1, -0.05) is 27.7 Å². The first-order valence-corrected chi connectivity index (χ1v) is 9.20. The quantitative estimate of drug-likeness (QED) is 0.757. The first-order chi connectivity index (χ1) is 11.5. The van der Waals surface area contributed by atoms with Gasteiger partial charge in [0, 0.05) is 23.8 Å². The summed E-state index contributed by atoms with van der Waals surface area (Å²) in [5.74, 6) is -1.44. The minimum absolute atomic E-state index is 0.00984. The highest BCUT2D eigenvalue weighted by atomic mass is 16.4. The molecule has 0 bridgehead atoms. The molecule has 0 aromatic heterocycles. The number of hydrogen-bond acceptors (Lipinski definition) is 3. The monoisotopic (exact) mass is 350 g/mol. The van der Waals surface area contributed by atoms with Crippen LogP contribution in [0.4, 0.5) is 0 Å². The van der Waals surface area contributed by atoms with E-state index in [1.54, 1.807) is 0 Å². The molecule has 2 aliphatic rings. The van der Waals surface area contributed by atoms with Gasteiger partial charge in [0.1, 0.15) is 0 Å². The molecule has 5 nitrogen and oxygen atoms in total. The van der Waals surface area contributed by atoms with Crippen molar-refractivity contribution in [2.75, 3.05) is 0 Å². The smallest absolute Gasteiger partial charge is 0.332 e. The molecule has 0 saturated heterocycles. The summed E-state index contributed by atoms with van der Waals surface area (Å²) < 4.78 is 0. The molecule has 0 amide bonds. The highest BCUT2D eigenvalue weighted by Crippen LogP contribution is 2.61. The number of carbonyl (C=O) groups is 3. The van der Waals surface area contributed by atoms with E-state index >= 15 is 0 Å². The Morgan fingerprint density at radius 2 is 1.96 bits per heavy atom. The topological polar surface area (TPSA) is 91.7 Å². The van der Waals surface area contributed by atoms with Gasteiger partial charge < -0.3 is 10.2 Å². The van der Waals surface area contributed by atoms with Crippen molar-refractivity contribution in [3.63, 3.8) is 0 Å². The van der Waals surface area contributed by atoms with Crippen molar-refractivity contribution in [1.29, 1.82) is 0 Å². The van der Waals surface area contributed by atoms with Gasteiger partial charge in [-0.3, -0.25) is 9.59 Å². The van der Waals surface area contributed by atoms with Crippen LogP contribution in [0.15, 0.2) is 11.6 Å². The predicted molar refractivity (Wildman–Crippen MR) is 94.1 cm³/mol. The SMILES string of the molecule is C[C@H](CC[C@]1(C)[C@H]2CC(=O)C=C(C(=O)O)[C@@]2(C)CC[C@@H]1C)CC(=O)O. The molecule has 1 saturated carbocycles. The van der Waals surface area contributed by atoms with Gasteiger partial charge in [0.2, 0.25) is 0 Å². The Labute approximate surface area is 149 Å². The summed E-state index contributed by atoms with van der Waals surface area (Å²) in [6.07, 6.45) is 5.18. The molecule has 0 aromatic rings. The third-order valence-corrected chi connectivity index (χ3v) is 7.04. The molecular weight excluding hydrogens is 320 g/mol. The molecule has 0 aliphatic heterocycles. The van der Waals surface area contributed by atoms with Gasteiger partial charge in [0.25, 0.3) is 0 Å². The van der Waals surface area contributed by atoms with Crippen LogP contribution in [0.25, 0.3) is 0 Å². The summed E-state index contributed by atoms with van der Waals surface area (Å²) >= 11 is 0. The van der Waals surface area contributed by atoms with Gasteiger partial charge in [-0.15, -0.1) is 0 Å². The number of carboxylic acid groups (broad SMARTS) is 2. The lowest BCUT2D eigenvalue weighted by atomic mass is 9.46. The first-order valence-electron chi connectivity index (χ1n) is 9.20. The molecule has 5 heteroatoms. The molecule has 0 radical (unpaired) electrons. The van der Waals surface area contributed by atoms with Gasteiger partial charge in [-0.2, -0.15) is 0 Å². The van der Waals surface area contributed by atoms with Gasteiger partial charge in [-0.05, 0) is 54.9 Å². The second-order valence-corrected chi connectivity index (χ2v) is 8.69. The number of fused-ring (bicyclic) bond motifs is 1. The molecule has 2 aliphatic carbocycles. The maximum Gasteiger partial charge on any atom is 0.332 e. The third kappa shape index (κ3) is 3.65. The number of ketones is 1. The first kappa shape index (κ1) is 19.7. The average Bonchev–Trinajstić information content (AvgIpc) is 2.50. The largest absolute Gasteiger partial charge is 0.481 e. The van der Waals surface area contributed by atoms with Crippen LogP contribution in [-0.4, -0.2) is 27.9 Å². The predicted octanol–water partition coefficient (Wildman–Crippen LogP) is 3.92. The Morgan fingerprint density at radius 3 is 2.52 bits per heavy atom. The van der Waals surface area contributed by atoms with Crippen LogP contribution in [0.1, 0.15) is 66.2 Å². The van der Waals surface area contributed by atoms with Crippen molar-refractivity contribution >= 4 is 17.7 Å². The molecule has 2 N–H and O–H groups in total. The lowest BCUT2D eigenvalue weighted by Gasteiger charge is -2.57. The van der Waals surface area contributed by atoms with Crippen LogP contribution in [0.5, 0.6) is 0 Å². The minimum Gasteiger partial charge on any atom is -0.481 e. The minimum atomic E-state index is -0.989. The van der Waals surface area contributed by atoms with E-state index in [-0.39, 0.29) is 35.0 Å². The molecule has 0 unspecified atom stereocenters. The fraction of sp³-hybridized carbons (Fsp3) is 0.750. The summed E-state index contributed by atoms with van der Waals surface area (Å²) in [6, 6.07) is 0. The second-order valence-electron chi connectivity index (χ2n) is 8.69. The Morgan fingerprint density at radius 1 is 1.32 bits per heavy atom. The number of hydrogen-bond donors (Lipinski definition) is 2. The van der Waals surface area contributed by atoms with E-state index in [4.69, 9.17) is 5.11 Å². The van der Waals surface area contributed by atoms with Crippen molar-refractivity contribution in [3.05, 3.63) is 11.6 Å². The highest BCUT2D eigenvalue weighted by Gasteiger charge is 2.56. The van der Waals surface area contributed by atoms with Crippen LogP contribution >= 0.6 is 0 Å². The molecule has 0 heterocycles. The maximum absolute atomic E-state index is 12.2. The zero-order valence-corrected chi connectivity index (χ0v) is 15.7. The summed E-state index contributed by atoms with van der Waals surface area (Å²) in [4.78, 5) is 34.9. The Hall–Kier alpha value is -1.65. The van der Waals surface area contributed by atoms with Crippen molar-refractivity contribution in [2.45, 2.75) is 66.2 Å². The summed E-state index contributed by atoms with van der Waals surface area (Å²) in [7, 11) is 0. The summed E-state index contributed by atoms with van der Waals surface area (Å²) in [5.41, 5.74) is -0.396. The van der Waals surface area contributed by atoms with Gasteiger partial charge in [-0.25, -0.2) is 4.79 Å². The normalized spacial score (nSPS) is 36.3. The molecule has 2 rings (SSSR count). The van der Waals surface area contributed by atoms with E-state index in [0.29, 0.717) is 12.3 Å². The molecule has 0 spiro atoms. The van der Waals surface area contributed by atoms with Gasteiger partial charge in [0.15, 0.2) is 5.78 Å². The molecule has 0 aromatic carbocycles. The zero-order chi connectivity index (χ0) is 19.0. The van der Waals surface area contributed by atoms with E-state index in [2.05, 4.69) is 13.8 Å². The number of rotatable bonds is 6. The van der Waals surface area contributed by atoms with Crippen LogP contribution in [-0.2, 0) is 14.4 Å². The third-order valence-electron chi connectivity index (χ3n) is 7.04. The Balaban J connectivity index is 2.31. The van der Waals surface area contributed by atoms with Crippen molar-refractivity contribution in [3.8, 4) is 0 Å². The standard InChI is InChI=1S/C20H30O5/c1-12(9-17(22)23)5-7-19(3)13(2)6-8-20(4)15(18(24)25)10-14(21)11-16(19)20/h10,12-13,16H,5-9,11H2,1-4H3,(H,22,23)(H,24,25)/t12-,13+,16-,19+,20-/m1/s1. The van der Waals surface area contributed by atoms with E-state index in [9.17, 15) is 19.5 Å². The zero-order valence-electron chi connectivity index (χ0n) is 15.7. The number of carbonyl (C=O) groups excluding carboxylic acids is 1. The maximum atomic E-state index is 12.2. The second kappa shape index (κ2) is 6.93. The fourth-order valence-electron chi connectivity index (χ4n) is 5.14. The molecular formula is C20H30O5. The van der Waals surface area contributed by atoms with Crippen molar-refractivity contribution in [2.24, 2.45) is 28.6 Å². The van der Waals surface area contributed by atoms with Gasteiger partial charge in [0.05, 0.1) is 0 Å². The fourth-order valence-corrected chi connectivity index (χ4v) is 5.14. The summed E-state index contributed by atoms with van der Waals surface area (Å²) in [5, 5.41) is 18.6. The molecule has 25 heavy (non-hydrogen) atoms. The highest BCUT2D eigenvalue weighted by molar-refractivity contribution is 6.01. The Bertz CT molecular complexity index is 607. The van der Waals surface area contributed by atoms with Crippen molar-refractivity contribution in [1.82, 2.24) is 0 Å². The van der Waals surface area contributed by atoms with Crippen molar-refractivity contribution < 1.29 is 24.6 Å². The average molecular weight is 350 g/mol. The summed E-state index contributed by atoms with van der Waals surface area (Å²) in [6.45, 7) is 8.30. The lowest BCUT2D eigenvalue weighted by molar-refractivity contribution is -0.141. The van der Waals surface area contributed by atoms with Crippen LogP contribution in [0.2, 0.25) is 0 Å².